The maximum atomic E-state index is 5.35. The predicted octanol–water partition coefficient (Wildman–Crippen LogP) is 1.61. The second-order valence-electron chi connectivity index (χ2n) is 4.11. The number of nitrogens with one attached hydrogen (secondary N) is 2. The number of aryl methyl sites for hydroxylation is 1. The lowest BCUT2D eigenvalue weighted by Gasteiger charge is -2.13. The van der Waals surface area contributed by atoms with E-state index < -0.39 is 0 Å². The van der Waals surface area contributed by atoms with Crippen molar-refractivity contribution in [3.63, 3.8) is 0 Å². The molecule has 0 saturated heterocycles. The molecule has 0 bridgehead atoms. The van der Waals surface area contributed by atoms with Crippen molar-refractivity contribution in [1.82, 2.24) is 20.1 Å². The Balaban J connectivity index is 2.10. The molecule has 2 N–H and O–H groups in total. The van der Waals surface area contributed by atoms with Gasteiger partial charge in [0.2, 0.25) is 11.6 Å². The Kier molecular flexibility index (Phi) is 4.70. The van der Waals surface area contributed by atoms with Crippen LogP contribution in [-0.4, -0.2) is 33.8 Å². The van der Waals surface area contributed by atoms with E-state index in [1.165, 1.54) is 6.33 Å². The number of anilines is 2. The summed E-state index contributed by atoms with van der Waals surface area (Å²) in [6.07, 6.45) is 2.47. The third-order valence-electron chi connectivity index (χ3n) is 2.53. The number of hydrogen-bond acceptors (Lipinski definition) is 8. The van der Waals surface area contributed by atoms with Crippen LogP contribution >= 0.6 is 0 Å². The average Bonchev–Trinajstić information content (AvgIpc) is 2.88. The summed E-state index contributed by atoms with van der Waals surface area (Å²) in [6.45, 7) is 5.04. The summed E-state index contributed by atoms with van der Waals surface area (Å²) in [4.78, 5) is 12.4. The molecule has 0 spiro atoms. The standard InChI is InChI=1S/C12H18N6O2/c1-4-5-13-11-10(19-3)12(16-7-15-11)14-6-9-17-8(2)20-18-9/h7H,4-6H2,1-3H3,(H2,13,14,15,16). The van der Waals surface area contributed by atoms with Gasteiger partial charge in [0.15, 0.2) is 17.5 Å². The number of rotatable bonds is 7. The normalized spacial score (nSPS) is 10.3. The van der Waals surface area contributed by atoms with Crippen molar-refractivity contribution < 1.29 is 9.26 Å². The second-order valence-corrected chi connectivity index (χ2v) is 4.11. The van der Waals surface area contributed by atoms with E-state index in [9.17, 15) is 0 Å². The highest BCUT2D eigenvalue weighted by Crippen LogP contribution is 2.28. The fraction of sp³-hybridized carbons (Fsp3) is 0.500. The highest BCUT2D eigenvalue weighted by Gasteiger charge is 2.12. The van der Waals surface area contributed by atoms with E-state index >= 15 is 0 Å². The SMILES string of the molecule is CCCNc1ncnc(NCc2noc(C)n2)c1OC. The Morgan fingerprint density at radius 1 is 1.25 bits per heavy atom. The molecule has 0 radical (unpaired) electrons. The van der Waals surface area contributed by atoms with E-state index in [2.05, 4.69) is 37.7 Å². The van der Waals surface area contributed by atoms with Crippen LogP contribution in [0.25, 0.3) is 0 Å². The highest BCUT2D eigenvalue weighted by molar-refractivity contribution is 5.63. The highest BCUT2D eigenvalue weighted by atomic mass is 16.5. The van der Waals surface area contributed by atoms with Gasteiger partial charge in [0.25, 0.3) is 0 Å². The molecule has 2 aromatic heterocycles. The second kappa shape index (κ2) is 6.69. The molecule has 0 aliphatic carbocycles. The number of aromatic nitrogens is 4. The summed E-state index contributed by atoms with van der Waals surface area (Å²) >= 11 is 0. The molecule has 0 amide bonds. The Labute approximate surface area is 117 Å². The molecule has 8 heteroatoms. The van der Waals surface area contributed by atoms with Crippen LogP contribution in [0, 0.1) is 6.92 Å². The van der Waals surface area contributed by atoms with Gasteiger partial charge in [-0.2, -0.15) is 4.98 Å². The fourth-order valence-electron chi connectivity index (χ4n) is 1.64. The van der Waals surface area contributed by atoms with Crippen LogP contribution in [0.15, 0.2) is 10.9 Å². The summed E-state index contributed by atoms with van der Waals surface area (Å²) < 4.78 is 10.3. The van der Waals surface area contributed by atoms with Crippen molar-refractivity contribution >= 4 is 11.6 Å². The van der Waals surface area contributed by atoms with Gasteiger partial charge in [0, 0.05) is 13.5 Å². The van der Waals surface area contributed by atoms with Gasteiger partial charge in [-0.05, 0) is 6.42 Å². The molecule has 0 aliphatic heterocycles. The van der Waals surface area contributed by atoms with Gasteiger partial charge >= 0.3 is 0 Å². The van der Waals surface area contributed by atoms with Crippen LogP contribution in [0.2, 0.25) is 0 Å². The van der Waals surface area contributed by atoms with Gasteiger partial charge in [-0.15, -0.1) is 0 Å². The van der Waals surface area contributed by atoms with Crippen LogP contribution in [0.3, 0.4) is 0 Å². The molecule has 20 heavy (non-hydrogen) atoms. The minimum absolute atomic E-state index is 0.401. The molecule has 0 fully saturated rings. The zero-order valence-electron chi connectivity index (χ0n) is 11.8. The molecular formula is C12H18N6O2. The van der Waals surface area contributed by atoms with Crippen molar-refractivity contribution in [2.45, 2.75) is 26.8 Å². The molecule has 8 nitrogen and oxygen atoms in total. The maximum absolute atomic E-state index is 5.35. The van der Waals surface area contributed by atoms with Crippen LogP contribution in [-0.2, 0) is 6.54 Å². The lowest BCUT2D eigenvalue weighted by Crippen LogP contribution is -2.09. The van der Waals surface area contributed by atoms with Crippen molar-refractivity contribution in [2.24, 2.45) is 0 Å². The van der Waals surface area contributed by atoms with Gasteiger partial charge in [-0.25, -0.2) is 9.97 Å². The van der Waals surface area contributed by atoms with Crippen LogP contribution < -0.4 is 15.4 Å². The zero-order valence-corrected chi connectivity index (χ0v) is 11.8. The van der Waals surface area contributed by atoms with E-state index in [0.29, 0.717) is 35.6 Å². The lowest BCUT2D eigenvalue weighted by atomic mass is 10.4. The van der Waals surface area contributed by atoms with E-state index in [1.807, 2.05) is 0 Å². The Morgan fingerprint density at radius 2 is 2.00 bits per heavy atom. The van der Waals surface area contributed by atoms with Crippen LogP contribution in [0.1, 0.15) is 25.1 Å². The molecule has 0 aliphatic rings. The molecule has 0 saturated carbocycles. The average molecular weight is 278 g/mol. The van der Waals surface area contributed by atoms with Gasteiger partial charge in [-0.3, -0.25) is 0 Å². The topological polar surface area (TPSA) is 98.0 Å². The van der Waals surface area contributed by atoms with Crippen molar-refractivity contribution in [1.29, 1.82) is 0 Å². The number of ether oxygens (including phenoxy) is 1. The summed E-state index contributed by atoms with van der Waals surface area (Å²) in [5.41, 5.74) is 0. The first-order valence-electron chi connectivity index (χ1n) is 6.40. The Bertz CT molecular complexity index is 557. The Morgan fingerprint density at radius 3 is 2.60 bits per heavy atom. The van der Waals surface area contributed by atoms with Gasteiger partial charge in [0.1, 0.15) is 6.33 Å². The quantitative estimate of drug-likeness (QED) is 0.788. The lowest BCUT2D eigenvalue weighted by molar-refractivity contribution is 0.388. The number of nitrogens with zero attached hydrogens (tertiary/aromatic N) is 4. The summed E-state index contributed by atoms with van der Waals surface area (Å²) in [6, 6.07) is 0. The first-order chi connectivity index (χ1) is 9.74. The number of hydrogen-bond donors (Lipinski definition) is 2. The first-order valence-corrected chi connectivity index (χ1v) is 6.40. The zero-order chi connectivity index (χ0) is 14.4. The van der Waals surface area contributed by atoms with Crippen molar-refractivity contribution in [3.8, 4) is 5.75 Å². The molecule has 0 aromatic carbocycles. The monoisotopic (exact) mass is 278 g/mol. The molecular weight excluding hydrogens is 260 g/mol. The number of methoxy groups -OCH3 is 1. The van der Waals surface area contributed by atoms with Crippen molar-refractivity contribution in [2.75, 3.05) is 24.3 Å². The van der Waals surface area contributed by atoms with Crippen molar-refractivity contribution in [3.05, 3.63) is 18.0 Å². The van der Waals surface area contributed by atoms with Gasteiger partial charge in [0.05, 0.1) is 13.7 Å². The van der Waals surface area contributed by atoms with E-state index in [4.69, 9.17) is 9.26 Å². The smallest absolute Gasteiger partial charge is 0.223 e. The molecule has 2 rings (SSSR count). The van der Waals surface area contributed by atoms with Crippen LogP contribution in [0.4, 0.5) is 11.6 Å². The summed E-state index contributed by atoms with van der Waals surface area (Å²) in [7, 11) is 1.58. The minimum atomic E-state index is 0.401. The van der Waals surface area contributed by atoms with Gasteiger partial charge < -0.3 is 19.9 Å². The predicted molar refractivity (Wildman–Crippen MR) is 73.7 cm³/mol. The maximum Gasteiger partial charge on any atom is 0.223 e. The summed E-state index contributed by atoms with van der Waals surface area (Å²) in [5.74, 6) is 2.91. The molecule has 2 heterocycles. The third-order valence-corrected chi connectivity index (χ3v) is 2.53. The van der Waals surface area contributed by atoms with E-state index in [0.717, 1.165) is 13.0 Å². The first kappa shape index (κ1) is 14.0. The largest absolute Gasteiger partial charge is 0.490 e. The minimum Gasteiger partial charge on any atom is -0.490 e. The van der Waals surface area contributed by atoms with E-state index in [-0.39, 0.29) is 0 Å². The van der Waals surface area contributed by atoms with Crippen LogP contribution in [0.5, 0.6) is 5.75 Å². The molecule has 2 aromatic rings. The summed E-state index contributed by atoms with van der Waals surface area (Å²) in [5, 5.41) is 10.1. The molecule has 108 valence electrons. The molecule has 0 atom stereocenters. The third kappa shape index (κ3) is 3.34. The fourth-order valence-corrected chi connectivity index (χ4v) is 1.64. The van der Waals surface area contributed by atoms with E-state index in [1.54, 1.807) is 14.0 Å². The Hall–Kier alpha value is -2.38. The molecule has 0 unspecified atom stereocenters. The van der Waals surface area contributed by atoms with Gasteiger partial charge in [-0.1, -0.05) is 12.1 Å².